The number of ketones is 1. The fourth-order valence-electron chi connectivity index (χ4n) is 3.11. The first-order valence-electron chi connectivity index (χ1n) is 8.86. The van der Waals surface area contributed by atoms with Crippen molar-refractivity contribution in [3.05, 3.63) is 64.2 Å². The van der Waals surface area contributed by atoms with Gasteiger partial charge in [0, 0.05) is 30.4 Å². The second-order valence-electron chi connectivity index (χ2n) is 6.56. The van der Waals surface area contributed by atoms with Crippen molar-refractivity contribution < 1.29 is 18.4 Å². The van der Waals surface area contributed by atoms with Gasteiger partial charge >= 0.3 is 5.76 Å². The minimum Gasteiger partial charge on any atom is -0.388 e. The molecule has 0 spiro atoms. The molecule has 1 aliphatic heterocycles. The first-order valence-corrected chi connectivity index (χ1v) is 8.86. The van der Waals surface area contributed by atoms with Crippen molar-refractivity contribution in [1.29, 1.82) is 0 Å². The Morgan fingerprint density at radius 3 is 2.61 bits per heavy atom. The lowest BCUT2D eigenvalue weighted by atomic mass is 10.2. The molecule has 0 aliphatic carbocycles. The fourth-order valence-corrected chi connectivity index (χ4v) is 3.11. The molecule has 1 aromatic carbocycles. The molecule has 1 aliphatic rings. The molecule has 0 bridgehead atoms. The minimum absolute atomic E-state index is 0.00299. The summed E-state index contributed by atoms with van der Waals surface area (Å²) in [6, 6.07) is 6.77. The van der Waals surface area contributed by atoms with Crippen LogP contribution in [-0.4, -0.2) is 44.4 Å². The lowest BCUT2D eigenvalue weighted by Crippen LogP contribution is -2.27. The Balaban J connectivity index is 1.49. The summed E-state index contributed by atoms with van der Waals surface area (Å²) in [7, 11) is 0. The Morgan fingerprint density at radius 1 is 1.18 bits per heavy atom. The average molecular weight is 384 g/mol. The number of nitrogens with one attached hydrogen (secondary N) is 1. The van der Waals surface area contributed by atoms with Crippen LogP contribution in [0.2, 0.25) is 0 Å². The molecule has 2 aromatic heterocycles. The third-order valence-electron chi connectivity index (χ3n) is 4.62. The number of hydrogen-bond acceptors (Lipinski definition) is 5. The number of benzene rings is 1. The van der Waals surface area contributed by atoms with Gasteiger partial charge in [0.1, 0.15) is 18.1 Å². The van der Waals surface area contributed by atoms with Crippen LogP contribution < -0.4 is 5.76 Å². The molecule has 8 nitrogen and oxygen atoms in total. The highest BCUT2D eigenvalue weighted by molar-refractivity contribution is 6.00. The smallest absolute Gasteiger partial charge is 0.388 e. The van der Waals surface area contributed by atoms with Crippen LogP contribution in [0.4, 0.5) is 4.39 Å². The van der Waals surface area contributed by atoms with Gasteiger partial charge in [-0.05, 0) is 43.2 Å². The Bertz CT molecular complexity index is 1070. The van der Waals surface area contributed by atoms with Crippen LogP contribution in [0.3, 0.4) is 0 Å². The van der Waals surface area contributed by atoms with Gasteiger partial charge < -0.3 is 14.3 Å². The molecule has 1 saturated heterocycles. The fraction of sp³-hybridized carbons (Fsp3) is 0.263. The summed E-state index contributed by atoms with van der Waals surface area (Å²) in [5.74, 6) is -1.76. The molecule has 4 rings (SSSR count). The number of likely N-dealkylation sites (tertiary alicyclic amines) is 1. The summed E-state index contributed by atoms with van der Waals surface area (Å²) in [6.45, 7) is 1.09. The van der Waals surface area contributed by atoms with Gasteiger partial charge in [-0.25, -0.2) is 9.18 Å². The van der Waals surface area contributed by atoms with Crippen LogP contribution in [-0.2, 0) is 6.54 Å². The largest absolute Gasteiger partial charge is 0.437 e. The van der Waals surface area contributed by atoms with E-state index in [1.807, 2.05) is 0 Å². The van der Waals surface area contributed by atoms with Crippen LogP contribution in [0.1, 0.15) is 33.7 Å². The van der Waals surface area contributed by atoms with Gasteiger partial charge in [-0.3, -0.25) is 9.59 Å². The highest BCUT2D eigenvalue weighted by Gasteiger charge is 2.22. The summed E-state index contributed by atoms with van der Waals surface area (Å²) in [4.78, 5) is 41.4. The Kier molecular flexibility index (Phi) is 4.64. The molecular weight excluding hydrogens is 367 g/mol. The van der Waals surface area contributed by atoms with Gasteiger partial charge in [-0.2, -0.15) is 4.68 Å². The first-order chi connectivity index (χ1) is 13.5. The maximum Gasteiger partial charge on any atom is 0.437 e. The first kappa shape index (κ1) is 17.9. The molecule has 144 valence electrons. The second-order valence-corrected chi connectivity index (χ2v) is 6.56. The van der Waals surface area contributed by atoms with Crippen molar-refractivity contribution in [2.45, 2.75) is 19.4 Å². The molecule has 1 amide bonds. The van der Waals surface area contributed by atoms with E-state index in [1.54, 1.807) is 4.90 Å². The summed E-state index contributed by atoms with van der Waals surface area (Å²) < 4.78 is 19.0. The molecule has 0 radical (unpaired) electrons. The van der Waals surface area contributed by atoms with E-state index >= 15 is 0 Å². The number of Topliss-reactive ketones (excluding diaryl/α,β-unsaturated/α-hetero) is 1. The third kappa shape index (κ3) is 3.51. The average Bonchev–Trinajstić information content (AvgIpc) is 3.43. The molecular formula is C19H17FN4O4. The van der Waals surface area contributed by atoms with Gasteiger partial charge in [0.2, 0.25) is 5.89 Å². The highest BCUT2D eigenvalue weighted by Crippen LogP contribution is 2.16. The molecule has 9 heteroatoms. The third-order valence-corrected chi connectivity index (χ3v) is 4.62. The summed E-state index contributed by atoms with van der Waals surface area (Å²) in [5.41, 5.74) is 1.04. The van der Waals surface area contributed by atoms with E-state index in [-0.39, 0.29) is 23.9 Å². The zero-order valence-electron chi connectivity index (χ0n) is 14.9. The van der Waals surface area contributed by atoms with E-state index in [0.29, 0.717) is 24.3 Å². The molecule has 0 unspecified atom stereocenters. The second kappa shape index (κ2) is 7.26. The number of aromatic nitrogens is 3. The molecule has 0 saturated carbocycles. The van der Waals surface area contributed by atoms with Crippen molar-refractivity contribution >= 4 is 11.7 Å². The van der Waals surface area contributed by atoms with Gasteiger partial charge in [0.25, 0.3) is 5.91 Å². The summed E-state index contributed by atoms with van der Waals surface area (Å²) in [6.07, 6.45) is 3.39. The Labute approximate surface area is 158 Å². The van der Waals surface area contributed by atoms with Crippen molar-refractivity contribution in [3.63, 3.8) is 0 Å². The number of amides is 1. The topological polar surface area (TPSA) is 101 Å². The lowest BCUT2D eigenvalue weighted by Gasteiger charge is -2.13. The Hall–Kier alpha value is -3.49. The van der Waals surface area contributed by atoms with Gasteiger partial charge in [0.15, 0.2) is 5.78 Å². The van der Waals surface area contributed by atoms with Crippen molar-refractivity contribution in [3.8, 4) is 11.5 Å². The number of nitrogens with zero attached hydrogens (tertiary/aromatic N) is 3. The standard InChI is InChI=1S/C19H17FN4O4/c20-14-5-3-12(4-6-14)17-22-24(19(27)28-17)11-16(25)13-9-15(21-10-13)18(26)23-7-1-2-8-23/h3-6,9-10,21H,1-2,7-8,11H2. The van der Waals surface area contributed by atoms with Crippen LogP contribution >= 0.6 is 0 Å². The number of halogens is 1. The molecule has 1 N–H and O–H groups in total. The van der Waals surface area contributed by atoms with Crippen molar-refractivity contribution in [1.82, 2.24) is 19.7 Å². The van der Waals surface area contributed by atoms with E-state index in [9.17, 15) is 18.8 Å². The van der Waals surface area contributed by atoms with E-state index < -0.39 is 17.4 Å². The van der Waals surface area contributed by atoms with Gasteiger partial charge in [-0.1, -0.05) is 0 Å². The predicted octanol–water partition coefficient (Wildman–Crippen LogP) is 2.09. The van der Waals surface area contributed by atoms with Crippen LogP contribution in [0.5, 0.6) is 0 Å². The monoisotopic (exact) mass is 384 g/mol. The number of H-pyrrole nitrogens is 1. The molecule has 3 aromatic rings. The zero-order valence-corrected chi connectivity index (χ0v) is 14.9. The minimum atomic E-state index is -0.795. The van der Waals surface area contributed by atoms with Crippen LogP contribution in [0.15, 0.2) is 45.7 Å². The van der Waals surface area contributed by atoms with E-state index in [2.05, 4.69) is 10.1 Å². The molecule has 0 atom stereocenters. The van der Waals surface area contributed by atoms with E-state index in [0.717, 1.165) is 17.5 Å². The Morgan fingerprint density at radius 2 is 1.89 bits per heavy atom. The highest BCUT2D eigenvalue weighted by atomic mass is 19.1. The molecule has 1 fully saturated rings. The lowest BCUT2D eigenvalue weighted by molar-refractivity contribution is 0.0787. The summed E-state index contributed by atoms with van der Waals surface area (Å²) >= 11 is 0. The van der Waals surface area contributed by atoms with Crippen molar-refractivity contribution in [2.24, 2.45) is 0 Å². The maximum absolute atomic E-state index is 13.0. The van der Waals surface area contributed by atoms with E-state index in [1.165, 1.54) is 36.5 Å². The number of hydrogen-bond donors (Lipinski definition) is 1. The normalized spacial score (nSPS) is 13.8. The van der Waals surface area contributed by atoms with Crippen LogP contribution in [0, 0.1) is 5.82 Å². The summed E-state index contributed by atoms with van der Waals surface area (Å²) in [5, 5.41) is 3.99. The molecule has 3 heterocycles. The number of rotatable bonds is 5. The zero-order chi connectivity index (χ0) is 19.7. The predicted molar refractivity (Wildman–Crippen MR) is 96.4 cm³/mol. The van der Waals surface area contributed by atoms with E-state index in [4.69, 9.17) is 4.42 Å². The quantitative estimate of drug-likeness (QED) is 0.679. The number of carbonyl (C=O) groups excluding carboxylic acids is 2. The van der Waals surface area contributed by atoms with Crippen molar-refractivity contribution in [2.75, 3.05) is 13.1 Å². The maximum atomic E-state index is 13.0. The van der Waals surface area contributed by atoms with Crippen LogP contribution in [0.25, 0.3) is 11.5 Å². The SMILES string of the molecule is O=C(Cn1nc(-c2ccc(F)cc2)oc1=O)c1c[nH]c(C(=O)N2CCCC2)c1. The number of aromatic amines is 1. The number of carbonyl (C=O) groups is 2. The molecule has 28 heavy (non-hydrogen) atoms. The van der Waals surface area contributed by atoms with Gasteiger partial charge in [-0.15, -0.1) is 5.10 Å². The van der Waals surface area contributed by atoms with Gasteiger partial charge in [0.05, 0.1) is 0 Å².